The molecule has 1 amide bonds. The number of aryl methyl sites for hydroxylation is 1. The molecule has 0 bridgehead atoms. The predicted octanol–water partition coefficient (Wildman–Crippen LogP) is 3.96. The first-order valence-corrected chi connectivity index (χ1v) is 9.64. The smallest absolute Gasteiger partial charge is 0.238 e. The van der Waals surface area contributed by atoms with Crippen molar-refractivity contribution in [3.63, 3.8) is 0 Å². The van der Waals surface area contributed by atoms with Crippen LogP contribution >= 0.6 is 0 Å². The van der Waals surface area contributed by atoms with E-state index in [9.17, 15) is 4.79 Å². The average molecular weight is 379 g/mol. The summed E-state index contributed by atoms with van der Waals surface area (Å²) in [6, 6.07) is 13.6. The monoisotopic (exact) mass is 379 g/mol. The zero-order valence-electron chi connectivity index (χ0n) is 16.3. The fourth-order valence-corrected chi connectivity index (χ4v) is 3.78. The van der Waals surface area contributed by atoms with Gasteiger partial charge in [0.25, 0.3) is 0 Å². The number of aromatic nitrogens is 1. The van der Waals surface area contributed by atoms with Crippen LogP contribution in [0.4, 0.5) is 5.69 Å². The summed E-state index contributed by atoms with van der Waals surface area (Å²) in [6.07, 6.45) is 2.04. The molecule has 2 heterocycles. The highest BCUT2D eigenvalue weighted by molar-refractivity contribution is 5.93. The van der Waals surface area contributed by atoms with Crippen molar-refractivity contribution < 1.29 is 13.9 Å². The highest BCUT2D eigenvalue weighted by Gasteiger charge is 2.26. The number of nitrogens with zero attached hydrogens (tertiary/aromatic N) is 2. The number of piperidine rings is 1. The Morgan fingerprint density at radius 3 is 3.00 bits per heavy atom. The maximum absolute atomic E-state index is 12.6. The lowest BCUT2D eigenvalue weighted by Crippen LogP contribution is -2.39. The minimum Gasteiger partial charge on any atom is -0.495 e. The number of ether oxygens (including phenoxy) is 1. The van der Waals surface area contributed by atoms with Gasteiger partial charge in [0.15, 0.2) is 11.5 Å². The van der Waals surface area contributed by atoms with E-state index in [1.54, 1.807) is 7.11 Å². The van der Waals surface area contributed by atoms with Crippen LogP contribution in [-0.4, -0.2) is 42.5 Å². The number of rotatable bonds is 5. The van der Waals surface area contributed by atoms with Gasteiger partial charge in [0.05, 0.1) is 19.3 Å². The molecule has 0 saturated carbocycles. The van der Waals surface area contributed by atoms with E-state index in [-0.39, 0.29) is 11.8 Å². The summed E-state index contributed by atoms with van der Waals surface area (Å²) in [4.78, 5) is 19.4. The van der Waals surface area contributed by atoms with Crippen molar-refractivity contribution in [3.05, 3.63) is 53.9 Å². The molecular weight excluding hydrogens is 354 g/mol. The Morgan fingerprint density at radius 2 is 2.18 bits per heavy atom. The van der Waals surface area contributed by atoms with E-state index < -0.39 is 0 Å². The molecule has 1 N–H and O–H groups in total. The van der Waals surface area contributed by atoms with Crippen LogP contribution in [0.1, 0.15) is 30.2 Å². The summed E-state index contributed by atoms with van der Waals surface area (Å²) in [5.74, 6) is 1.61. The number of para-hydroxylation sites is 2. The third-order valence-corrected chi connectivity index (χ3v) is 5.16. The number of nitrogens with one attached hydrogen (secondary N) is 1. The van der Waals surface area contributed by atoms with Gasteiger partial charge in [-0.15, -0.1) is 0 Å². The van der Waals surface area contributed by atoms with Crippen LogP contribution in [0.5, 0.6) is 5.75 Å². The summed E-state index contributed by atoms with van der Waals surface area (Å²) in [6.45, 7) is 4.00. The summed E-state index contributed by atoms with van der Waals surface area (Å²) >= 11 is 0. The normalized spacial score (nSPS) is 17.6. The summed E-state index contributed by atoms with van der Waals surface area (Å²) in [5, 5.41) is 2.98. The number of carbonyl (C=O) groups is 1. The van der Waals surface area contributed by atoms with Crippen LogP contribution in [0.15, 0.2) is 46.9 Å². The topological polar surface area (TPSA) is 67.6 Å². The standard InChI is InChI=1S/C22H25N3O3/c1-15-9-10-19(27-2)18(12-15)23-21(26)14-25-11-5-6-16(13-25)22-24-17-7-3-4-8-20(17)28-22/h3-4,7-10,12,16H,5-6,11,13-14H2,1-2H3,(H,23,26). The maximum Gasteiger partial charge on any atom is 0.238 e. The van der Waals surface area contributed by atoms with Gasteiger partial charge in [-0.1, -0.05) is 18.2 Å². The molecule has 1 fully saturated rings. The Hall–Kier alpha value is -2.86. The fraction of sp³-hybridized carbons (Fsp3) is 0.364. The van der Waals surface area contributed by atoms with E-state index >= 15 is 0 Å². The molecule has 0 radical (unpaired) electrons. The van der Waals surface area contributed by atoms with Crippen molar-refractivity contribution in [3.8, 4) is 5.75 Å². The predicted molar refractivity (Wildman–Crippen MR) is 109 cm³/mol. The first-order valence-electron chi connectivity index (χ1n) is 9.64. The van der Waals surface area contributed by atoms with Crippen molar-refractivity contribution in [1.82, 2.24) is 9.88 Å². The number of oxazole rings is 1. The van der Waals surface area contributed by atoms with Gasteiger partial charge in [-0.2, -0.15) is 0 Å². The average Bonchev–Trinajstić information content (AvgIpc) is 3.13. The molecule has 1 unspecified atom stereocenters. The third kappa shape index (κ3) is 4.02. The van der Waals surface area contributed by atoms with Crippen molar-refractivity contribution in [2.45, 2.75) is 25.7 Å². The van der Waals surface area contributed by atoms with Crippen molar-refractivity contribution in [2.24, 2.45) is 0 Å². The van der Waals surface area contributed by atoms with Gasteiger partial charge in [-0.3, -0.25) is 9.69 Å². The van der Waals surface area contributed by atoms with Gasteiger partial charge >= 0.3 is 0 Å². The van der Waals surface area contributed by atoms with Gasteiger partial charge < -0.3 is 14.5 Å². The van der Waals surface area contributed by atoms with Gasteiger partial charge in [-0.25, -0.2) is 4.98 Å². The first-order chi connectivity index (χ1) is 13.6. The molecule has 1 aliphatic heterocycles. The van der Waals surface area contributed by atoms with Gasteiger partial charge in [0.2, 0.25) is 5.91 Å². The quantitative estimate of drug-likeness (QED) is 0.727. The number of benzene rings is 2. The second-order valence-corrected chi connectivity index (χ2v) is 7.35. The molecule has 1 saturated heterocycles. The Kier molecular flexibility index (Phi) is 5.30. The number of carbonyl (C=O) groups excluding carboxylic acids is 1. The molecule has 6 heteroatoms. The van der Waals surface area contributed by atoms with Crippen LogP contribution in [0, 0.1) is 6.92 Å². The Balaban J connectivity index is 1.41. The lowest BCUT2D eigenvalue weighted by atomic mass is 9.98. The summed E-state index contributed by atoms with van der Waals surface area (Å²) < 4.78 is 11.3. The fourth-order valence-electron chi connectivity index (χ4n) is 3.78. The number of anilines is 1. The summed E-state index contributed by atoms with van der Waals surface area (Å²) in [5.41, 5.74) is 3.49. The van der Waals surface area contributed by atoms with E-state index in [1.807, 2.05) is 49.4 Å². The minimum atomic E-state index is -0.0397. The van der Waals surface area contributed by atoms with E-state index in [4.69, 9.17) is 9.15 Å². The largest absolute Gasteiger partial charge is 0.495 e. The van der Waals surface area contributed by atoms with Crippen LogP contribution in [0.2, 0.25) is 0 Å². The second kappa shape index (κ2) is 8.02. The number of hydrogen-bond donors (Lipinski definition) is 1. The third-order valence-electron chi connectivity index (χ3n) is 5.16. The number of hydrogen-bond acceptors (Lipinski definition) is 5. The van der Waals surface area contributed by atoms with Crippen molar-refractivity contribution >= 4 is 22.7 Å². The van der Waals surface area contributed by atoms with Crippen LogP contribution < -0.4 is 10.1 Å². The van der Waals surface area contributed by atoms with E-state index in [0.29, 0.717) is 18.0 Å². The molecule has 2 aromatic carbocycles. The lowest BCUT2D eigenvalue weighted by Gasteiger charge is -2.30. The first kappa shape index (κ1) is 18.5. The second-order valence-electron chi connectivity index (χ2n) is 7.35. The molecule has 1 atom stereocenters. The molecule has 1 aliphatic rings. The number of methoxy groups -OCH3 is 1. The Morgan fingerprint density at radius 1 is 1.32 bits per heavy atom. The highest BCUT2D eigenvalue weighted by atomic mass is 16.5. The zero-order valence-corrected chi connectivity index (χ0v) is 16.3. The minimum absolute atomic E-state index is 0.0397. The van der Waals surface area contributed by atoms with E-state index in [2.05, 4.69) is 15.2 Å². The van der Waals surface area contributed by atoms with E-state index in [0.717, 1.165) is 48.5 Å². The number of amides is 1. The molecule has 146 valence electrons. The van der Waals surface area contributed by atoms with Crippen LogP contribution in [0.25, 0.3) is 11.1 Å². The van der Waals surface area contributed by atoms with Gasteiger partial charge in [0.1, 0.15) is 11.3 Å². The van der Waals surface area contributed by atoms with Crippen LogP contribution in [-0.2, 0) is 4.79 Å². The number of likely N-dealkylation sites (tertiary alicyclic amines) is 1. The molecular formula is C22H25N3O3. The molecule has 1 aromatic heterocycles. The SMILES string of the molecule is COc1ccc(C)cc1NC(=O)CN1CCCC(c2nc3ccccc3o2)C1. The molecule has 0 aliphatic carbocycles. The highest BCUT2D eigenvalue weighted by Crippen LogP contribution is 2.29. The molecule has 6 nitrogen and oxygen atoms in total. The maximum atomic E-state index is 12.6. The molecule has 28 heavy (non-hydrogen) atoms. The molecule has 0 spiro atoms. The van der Waals surface area contributed by atoms with E-state index in [1.165, 1.54) is 0 Å². The van der Waals surface area contributed by atoms with Gasteiger partial charge in [-0.05, 0) is 56.1 Å². The summed E-state index contributed by atoms with van der Waals surface area (Å²) in [7, 11) is 1.61. The zero-order chi connectivity index (χ0) is 19.5. The van der Waals surface area contributed by atoms with Gasteiger partial charge in [0, 0.05) is 12.5 Å². The van der Waals surface area contributed by atoms with Crippen LogP contribution in [0.3, 0.4) is 0 Å². The molecule has 3 aromatic rings. The lowest BCUT2D eigenvalue weighted by molar-refractivity contribution is -0.117. The molecule has 4 rings (SSSR count). The van der Waals surface area contributed by atoms with Crippen molar-refractivity contribution in [1.29, 1.82) is 0 Å². The number of fused-ring (bicyclic) bond motifs is 1. The Bertz CT molecular complexity index is 949. The Labute approximate surface area is 164 Å². The van der Waals surface area contributed by atoms with Crippen molar-refractivity contribution in [2.75, 3.05) is 32.1 Å².